The normalized spacial score (nSPS) is 10.6. The maximum absolute atomic E-state index is 11.2. The van der Waals surface area contributed by atoms with Crippen molar-refractivity contribution in [2.75, 3.05) is 12.5 Å². The molecular formula is C13H14N4O2. The lowest BCUT2D eigenvalue weighted by Gasteiger charge is -2.03. The first kappa shape index (κ1) is 12.8. The Bertz CT molecular complexity index is 649. The third kappa shape index (κ3) is 3.41. The first-order valence-corrected chi connectivity index (χ1v) is 5.69. The fraction of sp³-hybridized carbons (Fsp3) is 0.154. The van der Waals surface area contributed by atoms with Crippen molar-refractivity contribution in [3.63, 3.8) is 0 Å². The van der Waals surface area contributed by atoms with Crippen LogP contribution in [0.3, 0.4) is 0 Å². The van der Waals surface area contributed by atoms with Crippen LogP contribution in [0.2, 0.25) is 0 Å². The van der Waals surface area contributed by atoms with Gasteiger partial charge in [-0.3, -0.25) is 9.78 Å². The van der Waals surface area contributed by atoms with E-state index in [0.29, 0.717) is 11.6 Å². The number of ether oxygens (including phenoxy) is 1. The molecule has 0 spiro atoms. The second-order valence-corrected chi connectivity index (χ2v) is 3.85. The fourth-order valence-corrected chi connectivity index (χ4v) is 1.57. The molecule has 2 rings (SSSR count). The van der Waals surface area contributed by atoms with Crippen LogP contribution in [0.15, 0.2) is 40.2 Å². The molecule has 0 amide bonds. The first-order chi connectivity index (χ1) is 9.19. The van der Waals surface area contributed by atoms with Crippen molar-refractivity contribution in [1.29, 1.82) is 0 Å². The number of hydrazone groups is 1. The second kappa shape index (κ2) is 5.81. The summed E-state index contributed by atoms with van der Waals surface area (Å²) in [7, 11) is 1.60. The highest BCUT2D eigenvalue weighted by molar-refractivity contribution is 5.83. The zero-order chi connectivity index (χ0) is 13.7. The number of benzene rings is 1. The maximum atomic E-state index is 11.2. The Morgan fingerprint density at radius 1 is 1.42 bits per heavy atom. The molecule has 0 aliphatic carbocycles. The van der Waals surface area contributed by atoms with Gasteiger partial charge < -0.3 is 4.74 Å². The Morgan fingerprint density at radius 3 is 2.95 bits per heavy atom. The van der Waals surface area contributed by atoms with Gasteiger partial charge in [0.05, 0.1) is 13.3 Å². The van der Waals surface area contributed by atoms with Crippen LogP contribution in [0.25, 0.3) is 0 Å². The fourth-order valence-electron chi connectivity index (χ4n) is 1.57. The minimum Gasteiger partial charge on any atom is -0.496 e. The minimum atomic E-state index is -0.220. The highest BCUT2D eigenvalue weighted by Gasteiger charge is 1.98. The van der Waals surface area contributed by atoms with Crippen LogP contribution < -0.4 is 15.7 Å². The van der Waals surface area contributed by atoms with E-state index in [9.17, 15) is 4.79 Å². The lowest BCUT2D eigenvalue weighted by molar-refractivity contribution is 0.414. The average molecular weight is 258 g/mol. The first-order valence-electron chi connectivity index (χ1n) is 5.69. The molecule has 0 atom stereocenters. The molecule has 0 radical (unpaired) electrons. The Balaban J connectivity index is 2.13. The largest absolute Gasteiger partial charge is 0.496 e. The third-order valence-electron chi connectivity index (χ3n) is 2.38. The molecule has 6 nitrogen and oxygen atoms in total. The molecule has 0 aliphatic heterocycles. The summed E-state index contributed by atoms with van der Waals surface area (Å²) in [5, 5.41) is 4.02. The molecular weight excluding hydrogens is 244 g/mol. The van der Waals surface area contributed by atoms with Crippen LogP contribution in [0.4, 0.5) is 5.95 Å². The summed E-state index contributed by atoms with van der Waals surface area (Å²) in [6.07, 6.45) is 1.60. The summed E-state index contributed by atoms with van der Waals surface area (Å²) in [5.41, 5.74) is 3.90. The number of aromatic amines is 1. The molecule has 0 bridgehead atoms. The predicted molar refractivity (Wildman–Crippen MR) is 73.8 cm³/mol. The van der Waals surface area contributed by atoms with E-state index in [1.54, 1.807) is 20.2 Å². The van der Waals surface area contributed by atoms with E-state index in [1.165, 1.54) is 6.07 Å². The molecule has 0 fully saturated rings. The standard InChI is InChI=1S/C13H14N4O2/c1-9-7-12(18)16-13(15-9)17-14-8-10-5-3-4-6-11(10)19-2/h3-8H,1-2H3,(H2,15,16,17,18). The van der Waals surface area contributed by atoms with Gasteiger partial charge in [-0.1, -0.05) is 12.1 Å². The van der Waals surface area contributed by atoms with Gasteiger partial charge in [0, 0.05) is 17.3 Å². The summed E-state index contributed by atoms with van der Waals surface area (Å²) in [6.45, 7) is 1.74. The van der Waals surface area contributed by atoms with E-state index in [2.05, 4.69) is 20.5 Å². The van der Waals surface area contributed by atoms with Gasteiger partial charge in [0.25, 0.3) is 5.56 Å². The van der Waals surface area contributed by atoms with Crippen LogP contribution in [0.1, 0.15) is 11.3 Å². The van der Waals surface area contributed by atoms with Gasteiger partial charge in [0.2, 0.25) is 5.95 Å². The number of nitrogens with zero attached hydrogens (tertiary/aromatic N) is 2. The number of aromatic nitrogens is 2. The molecule has 0 aliphatic rings. The van der Waals surface area contributed by atoms with Crippen molar-refractivity contribution in [3.05, 3.63) is 51.9 Å². The molecule has 0 saturated carbocycles. The molecule has 0 saturated heterocycles. The molecule has 1 heterocycles. The maximum Gasteiger partial charge on any atom is 0.252 e. The summed E-state index contributed by atoms with van der Waals surface area (Å²) in [5.74, 6) is 1.02. The number of para-hydroxylation sites is 1. The summed E-state index contributed by atoms with van der Waals surface area (Å²) in [4.78, 5) is 17.9. The van der Waals surface area contributed by atoms with Gasteiger partial charge >= 0.3 is 0 Å². The Labute approximate surface area is 110 Å². The number of rotatable bonds is 4. The molecule has 0 unspecified atom stereocenters. The Hall–Kier alpha value is -2.63. The Kier molecular flexibility index (Phi) is 3.92. The van der Waals surface area contributed by atoms with Crippen molar-refractivity contribution < 1.29 is 4.74 Å². The lowest BCUT2D eigenvalue weighted by Crippen LogP contribution is -2.10. The number of anilines is 1. The zero-order valence-electron chi connectivity index (χ0n) is 10.7. The number of aryl methyl sites for hydroxylation is 1. The smallest absolute Gasteiger partial charge is 0.252 e. The van der Waals surface area contributed by atoms with E-state index in [4.69, 9.17) is 4.74 Å². The van der Waals surface area contributed by atoms with Crippen molar-refractivity contribution in [2.24, 2.45) is 5.10 Å². The van der Waals surface area contributed by atoms with Crippen molar-refractivity contribution in [2.45, 2.75) is 6.92 Å². The van der Waals surface area contributed by atoms with Gasteiger partial charge in [-0.15, -0.1) is 0 Å². The van der Waals surface area contributed by atoms with E-state index in [1.807, 2.05) is 24.3 Å². The van der Waals surface area contributed by atoms with Crippen molar-refractivity contribution >= 4 is 12.2 Å². The number of H-pyrrole nitrogens is 1. The van der Waals surface area contributed by atoms with Crippen LogP contribution in [-0.2, 0) is 0 Å². The van der Waals surface area contributed by atoms with E-state index in [-0.39, 0.29) is 5.56 Å². The molecule has 98 valence electrons. The third-order valence-corrected chi connectivity index (χ3v) is 2.38. The summed E-state index contributed by atoms with van der Waals surface area (Å²) < 4.78 is 5.19. The van der Waals surface area contributed by atoms with Crippen LogP contribution >= 0.6 is 0 Å². The zero-order valence-corrected chi connectivity index (χ0v) is 10.7. The molecule has 19 heavy (non-hydrogen) atoms. The summed E-state index contributed by atoms with van der Waals surface area (Å²) >= 11 is 0. The van der Waals surface area contributed by atoms with Gasteiger partial charge in [0.1, 0.15) is 5.75 Å². The topological polar surface area (TPSA) is 79.4 Å². The number of hydrogen-bond donors (Lipinski definition) is 2. The van der Waals surface area contributed by atoms with E-state index < -0.39 is 0 Å². The van der Waals surface area contributed by atoms with Crippen molar-refractivity contribution in [1.82, 2.24) is 9.97 Å². The van der Waals surface area contributed by atoms with Crippen LogP contribution in [0, 0.1) is 6.92 Å². The number of methoxy groups -OCH3 is 1. The van der Waals surface area contributed by atoms with Crippen molar-refractivity contribution in [3.8, 4) is 5.75 Å². The Morgan fingerprint density at radius 2 is 2.21 bits per heavy atom. The average Bonchev–Trinajstić information content (AvgIpc) is 2.38. The molecule has 2 N–H and O–H groups in total. The highest BCUT2D eigenvalue weighted by atomic mass is 16.5. The summed E-state index contributed by atoms with van der Waals surface area (Å²) in [6, 6.07) is 8.89. The highest BCUT2D eigenvalue weighted by Crippen LogP contribution is 2.14. The van der Waals surface area contributed by atoms with E-state index >= 15 is 0 Å². The minimum absolute atomic E-state index is 0.220. The van der Waals surface area contributed by atoms with E-state index in [0.717, 1.165) is 11.3 Å². The molecule has 1 aromatic heterocycles. The van der Waals surface area contributed by atoms with Gasteiger partial charge in [-0.25, -0.2) is 10.4 Å². The molecule has 1 aromatic carbocycles. The predicted octanol–water partition coefficient (Wildman–Crippen LogP) is 1.53. The quantitative estimate of drug-likeness (QED) is 0.644. The van der Waals surface area contributed by atoms with Crippen LogP contribution in [-0.4, -0.2) is 23.3 Å². The number of nitrogens with one attached hydrogen (secondary N) is 2. The van der Waals surface area contributed by atoms with Gasteiger partial charge in [0.15, 0.2) is 0 Å². The lowest BCUT2D eigenvalue weighted by atomic mass is 10.2. The number of hydrogen-bond acceptors (Lipinski definition) is 5. The van der Waals surface area contributed by atoms with Gasteiger partial charge in [-0.2, -0.15) is 5.10 Å². The molecule has 6 heteroatoms. The van der Waals surface area contributed by atoms with Crippen LogP contribution in [0.5, 0.6) is 5.75 Å². The van der Waals surface area contributed by atoms with Gasteiger partial charge in [-0.05, 0) is 19.1 Å². The monoisotopic (exact) mass is 258 g/mol. The molecule has 2 aromatic rings. The SMILES string of the molecule is COc1ccccc1C=NNc1nc(C)cc(=O)[nH]1. The second-order valence-electron chi connectivity index (χ2n) is 3.85.